The first-order valence-electron chi connectivity index (χ1n) is 7.12. The van der Waals surface area contributed by atoms with Gasteiger partial charge in [0, 0.05) is 18.5 Å². The number of nitrogens with one attached hydrogen (secondary N) is 1. The Morgan fingerprint density at radius 1 is 1.41 bits per heavy atom. The summed E-state index contributed by atoms with van der Waals surface area (Å²) in [6.45, 7) is 1.02. The van der Waals surface area contributed by atoms with Crippen molar-refractivity contribution in [2.75, 3.05) is 18.8 Å². The van der Waals surface area contributed by atoms with Gasteiger partial charge in [0.25, 0.3) is 0 Å². The van der Waals surface area contributed by atoms with Crippen LogP contribution in [0.3, 0.4) is 0 Å². The number of amides is 1. The molecule has 0 bridgehead atoms. The van der Waals surface area contributed by atoms with E-state index in [1.807, 2.05) is 24.3 Å². The first-order valence-corrected chi connectivity index (χ1v) is 8.84. The minimum atomic E-state index is -3.49. The number of hydrogen-bond donors (Lipinski definition) is 2. The van der Waals surface area contributed by atoms with E-state index in [-0.39, 0.29) is 24.0 Å². The monoisotopic (exact) mass is 322 g/mol. The fourth-order valence-electron chi connectivity index (χ4n) is 2.94. The first-order chi connectivity index (χ1) is 10.4. The van der Waals surface area contributed by atoms with Crippen LogP contribution in [0.5, 0.6) is 0 Å². The Labute approximate surface area is 128 Å². The number of para-hydroxylation sites is 1. The van der Waals surface area contributed by atoms with E-state index < -0.39 is 10.0 Å². The van der Waals surface area contributed by atoms with Gasteiger partial charge >= 0.3 is 0 Å². The van der Waals surface area contributed by atoms with Crippen molar-refractivity contribution in [1.82, 2.24) is 15.1 Å². The molecule has 1 saturated heterocycles. The number of H-pyrrole nitrogens is 1. The number of benzene rings is 1. The topological polar surface area (TPSA) is 109 Å². The normalized spacial score (nSPS) is 19.0. The van der Waals surface area contributed by atoms with Gasteiger partial charge < -0.3 is 4.90 Å². The highest BCUT2D eigenvalue weighted by atomic mass is 32.2. The molecule has 1 aliphatic heterocycles. The summed E-state index contributed by atoms with van der Waals surface area (Å²) in [5.74, 6) is -0.159. The Bertz CT molecular complexity index is 799. The van der Waals surface area contributed by atoms with Crippen LogP contribution in [0.4, 0.5) is 0 Å². The zero-order valence-corrected chi connectivity index (χ0v) is 12.8. The van der Waals surface area contributed by atoms with Crippen LogP contribution in [-0.2, 0) is 21.2 Å². The largest absolute Gasteiger partial charge is 0.342 e. The highest BCUT2D eigenvalue weighted by Crippen LogP contribution is 2.20. The van der Waals surface area contributed by atoms with Crippen LogP contribution in [-0.4, -0.2) is 48.3 Å². The van der Waals surface area contributed by atoms with Gasteiger partial charge in [-0.2, -0.15) is 5.10 Å². The molecule has 1 fully saturated rings. The van der Waals surface area contributed by atoms with Crippen LogP contribution < -0.4 is 5.14 Å². The van der Waals surface area contributed by atoms with Crippen molar-refractivity contribution in [3.8, 4) is 0 Å². The fourth-order valence-corrected chi connectivity index (χ4v) is 3.86. The standard InChI is InChI=1S/C14H18N4O3S/c15-22(20,21)9-10-5-6-18(8-10)14(19)7-13-11-3-1-2-4-12(11)16-17-13/h1-4,10H,5-9H2,(H,16,17)(H2,15,20,21). The molecule has 118 valence electrons. The van der Waals surface area contributed by atoms with E-state index in [1.165, 1.54) is 0 Å². The van der Waals surface area contributed by atoms with E-state index in [2.05, 4.69) is 10.2 Å². The predicted octanol–water partition coefficient (Wildman–Crippen LogP) is 0.242. The number of sulfonamides is 1. The van der Waals surface area contributed by atoms with Crippen molar-refractivity contribution >= 4 is 26.8 Å². The number of primary sulfonamides is 1. The molecule has 0 saturated carbocycles. The molecule has 0 aliphatic carbocycles. The van der Waals surface area contributed by atoms with Gasteiger partial charge in [-0.3, -0.25) is 9.89 Å². The highest BCUT2D eigenvalue weighted by Gasteiger charge is 2.29. The molecule has 1 amide bonds. The molecule has 7 nitrogen and oxygen atoms in total. The lowest BCUT2D eigenvalue weighted by Gasteiger charge is -2.16. The van der Waals surface area contributed by atoms with Crippen LogP contribution in [0.1, 0.15) is 12.1 Å². The Balaban J connectivity index is 1.66. The lowest BCUT2D eigenvalue weighted by Crippen LogP contribution is -2.32. The van der Waals surface area contributed by atoms with Gasteiger partial charge in [0.2, 0.25) is 15.9 Å². The number of nitrogens with two attached hydrogens (primary N) is 1. The summed E-state index contributed by atoms with van der Waals surface area (Å²) in [5.41, 5.74) is 1.62. The minimum absolute atomic E-state index is 0.0219. The second-order valence-electron chi connectivity index (χ2n) is 5.72. The molecule has 1 unspecified atom stereocenters. The van der Waals surface area contributed by atoms with Crippen molar-refractivity contribution in [3.63, 3.8) is 0 Å². The van der Waals surface area contributed by atoms with E-state index in [4.69, 9.17) is 5.14 Å². The molecule has 0 spiro atoms. The summed E-state index contributed by atoms with van der Waals surface area (Å²) >= 11 is 0. The number of likely N-dealkylation sites (tertiary alicyclic amines) is 1. The second-order valence-corrected chi connectivity index (χ2v) is 7.38. The lowest BCUT2D eigenvalue weighted by molar-refractivity contribution is -0.129. The molecule has 1 aliphatic rings. The zero-order valence-electron chi connectivity index (χ0n) is 12.0. The number of carbonyl (C=O) groups excluding carboxylic acids is 1. The molecule has 1 atom stereocenters. The maximum absolute atomic E-state index is 12.4. The van der Waals surface area contributed by atoms with Gasteiger partial charge in [0.15, 0.2) is 0 Å². The zero-order chi connectivity index (χ0) is 15.7. The van der Waals surface area contributed by atoms with Gasteiger partial charge in [-0.25, -0.2) is 13.6 Å². The quantitative estimate of drug-likeness (QED) is 0.840. The van der Waals surface area contributed by atoms with Gasteiger partial charge in [0.1, 0.15) is 0 Å². The molecular weight excluding hydrogens is 304 g/mol. The van der Waals surface area contributed by atoms with Crippen LogP contribution in [0, 0.1) is 5.92 Å². The van der Waals surface area contributed by atoms with Crippen molar-refractivity contribution in [1.29, 1.82) is 0 Å². The number of aromatic nitrogens is 2. The van der Waals surface area contributed by atoms with Gasteiger partial charge in [-0.05, 0) is 18.4 Å². The third kappa shape index (κ3) is 3.28. The molecule has 1 aromatic carbocycles. The summed E-state index contributed by atoms with van der Waals surface area (Å²) in [6, 6.07) is 7.62. The molecule has 3 N–H and O–H groups in total. The third-order valence-corrected chi connectivity index (χ3v) is 4.91. The van der Waals surface area contributed by atoms with Gasteiger partial charge in [0.05, 0.1) is 23.4 Å². The van der Waals surface area contributed by atoms with E-state index in [1.54, 1.807) is 4.90 Å². The number of rotatable bonds is 4. The lowest BCUT2D eigenvalue weighted by atomic mass is 10.1. The Kier molecular flexibility index (Phi) is 3.88. The molecule has 0 radical (unpaired) electrons. The summed E-state index contributed by atoms with van der Waals surface area (Å²) in [4.78, 5) is 14.1. The number of aromatic amines is 1. The van der Waals surface area contributed by atoms with Crippen LogP contribution in [0.15, 0.2) is 24.3 Å². The Hall–Kier alpha value is -1.93. The van der Waals surface area contributed by atoms with E-state index in [0.717, 1.165) is 16.6 Å². The molecule has 8 heteroatoms. The minimum Gasteiger partial charge on any atom is -0.342 e. The SMILES string of the molecule is NS(=O)(=O)CC1CCN(C(=O)Cc2[nH]nc3ccccc23)C1. The van der Waals surface area contributed by atoms with E-state index in [9.17, 15) is 13.2 Å². The average molecular weight is 322 g/mol. The third-order valence-electron chi connectivity index (χ3n) is 3.98. The van der Waals surface area contributed by atoms with Crippen molar-refractivity contribution in [2.24, 2.45) is 11.1 Å². The molecule has 2 aromatic rings. The predicted molar refractivity (Wildman–Crippen MR) is 82.5 cm³/mol. The molecular formula is C14H18N4O3S. The maximum Gasteiger partial charge on any atom is 0.228 e. The Morgan fingerprint density at radius 3 is 2.95 bits per heavy atom. The Morgan fingerprint density at radius 2 is 2.18 bits per heavy atom. The van der Waals surface area contributed by atoms with Crippen molar-refractivity contribution in [3.05, 3.63) is 30.0 Å². The van der Waals surface area contributed by atoms with Crippen LogP contribution in [0.25, 0.3) is 10.9 Å². The molecule has 3 rings (SSSR count). The molecule has 2 heterocycles. The van der Waals surface area contributed by atoms with E-state index >= 15 is 0 Å². The molecule has 22 heavy (non-hydrogen) atoms. The van der Waals surface area contributed by atoms with Crippen LogP contribution in [0.2, 0.25) is 0 Å². The second kappa shape index (κ2) is 5.69. The number of nitrogens with zero attached hydrogens (tertiary/aromatic N) is 2. The van der Waals surface area contributed by atoms with Gasteiger partial charge in [-0.1, -0.05) is 18.2 Å². The maximum atomic E-state index is 12.4. The van der Waals surface area contributed by atoms with Crippen LogP contribution >= 0.6 is 0 Å². The number of hydrogen-bond acceptors (Lipinski definition) is 4. The average Bonchev–Trinajstić information content (AvgIpc) is 3.05. The summed E-state index contributed by atoms with van der Waals surface area (Å²) in [5, 5.41) is 13.1. The van der Waals surface area contributed by atoms with Gasteiger partial charge in [-0.15, -0.1) is 0 Å². The highest BCUT2D eigenvalue weighted by molar-refractivity contribution is 7.89. The first kappa shape index (κ1) is 15.0. The summed E-state index contributed by atoms with van der Waals surface area (Å²) in [7, 11) is -3.49. The van der Waals surface area contributed by atoms with Crippen molar-refractivity contribution < 1.29 is 13.2 Å². The smallest absolute Gasteiger partial charge is 0.228 e. The number of carbonyl (C=O) groups is 1. The fraction of sp³-hybridized carbons (Fsp3) is 0.429. The van der Waals surface area contributed by atoms with Crippen molar-refractivity contribution in [2.45, 2.75) is 12.8 Å². The summed E-state index contributed by atoms with van der Waals surface area (Å²) < 4.78 is 22.3. The number of fused-ring (bicyclic) bond motifs is 1. The molecule has 1 aromatic heterocycles. The van der Waals surface area contributed by atoms with E-state index in [0.29, 0.717) is 19.5 Å². The summed E-state index contributed by atoms with van der Waals surface area (Å²) in [6.07, 6.45) is 0.911.